The third-order valence-corrected chi connectivity index (χ3v) is 6.13. The Morgan fingerprint density at radius 2 is 1.49 bits per heavy atom. The first-order chi connectivity index (χ1) is 20.5. The first-order valence-electron chi connectivity index (χ1n) is 13.0. The van der Waals surface area contributed by atoms with Crippen molar-refractivity contribution in [1.29, 1.82) is 0 Å². The molecular formula is C30H32N4O9. The Kier molecular flexibility index (Phi) is 11.2. The molecule has 1 atom stereocenters. The van der Waals surface area contributed by atoms with Gasteiger partial charge in [-0.15, -0.1) is 0 Å². The van der Waals surface area contributed by atoms with E-state index in [-0.39, 0.29) is 5.91 Å². The Morgan fingerprint density at radius 3 is 2.09 bits per heavy atom. The minimum absolute atomic E-state index is 0.301. The lowest BCUT2D eigenvalue weighted by molar-refractivity contribution is -0.143. The van der Waals surface area contributed by atoms with Crippen LogP contribution in [0.25, 0.3) is 0 Å². The van der Waals surface area contributed by atoms with E-state index in [9.17, 15) is 29.1 Å². The van der Waals surface area contributed by atoms with Gasteiger partial charge in [0.05, 0.1) is 30.9 Å². The van der Waals surface area contributed by atoms with Gasteiger partial charge in [-0.05, 0) is 48.4 Å². The molecule has 4 amide bonds. The van der Waals surface area contributed by atoms with Crippen LogP contribution in [0.15, 0.2) is 66.7 Å². The number of rotatable bonds is 13. The lowest BCUT2D eigenvalue weighted by atomic mass is 10.0. The average molecular weight is 593 g/mol. The molecule has 0 bridgehead atoms. The molecule has 5 N–H and O–H groups in total. The number of ether oxygens (including phenoxy) is 2. The van der Waals surface area contributed by atoms with Crippen LogP contribution < -0.4 is 25.6 Å². The number of urea groups is 1. The summed E-state index contributed by atoms with van der Waals surface area (Å²) in [6.45, 7) is 2.01. The highest BCUT2D eigenvalue weighted by molar-refractivity contribution is 6.03. The molecule has 226 valence electrons. The summed E-state index contributed by atoms with van der Waals surface area (Å²) < 4.78 is 10.2. The summed E-state index contributed by atoms with van der Waals surface area (Å²) in [6, 6.07) is 17.0. The van der Waals surface area contributed by atoms with Crippen molar-refractivity contribution in [3.8, 4) is 5.75 Å². The largest absolute Gasteiger partial charge is 0.494 e. The van der Waals surface area contributed by atoms with Crippen LogP contribution in [0.1, 0.15) is 30.5 Å². The highest BCUT2D eigenvalue weighted by atomic mass is 16.5. The van der Waals surface area contributed by atoms with E-state index in [2.05, 4.69) is 16.0 Å². The number of para-hydroxylation sites is 1. The minimum Gasteiger partial charge on any atom is -0.494 e. The fourth-order valence-corrected chi connectivity index (χ4v) is 4.17. The molecule has 1 unspecified atom stereocenters. The van der Waals surface area contributed by atoms with Crippen LogP contribution in [0.4, 0.5) is 27.5 Å². The van der Waals surface area contributed by atoms with Crippen molar-refractivity contribution >= 4 is 52.5 Å². The summed E-state index contributed by atoms with van der Waals surface area (Å²) in [5.41, 5.74) is 3.24. The van der Waals surface area contributed by atoms with Crippen LogP contribution in [-0.2, 0) is 23.9 Å². The van der Waals surface area contributed by atoms with Gasteiger partial charge in [-0.1, -0.05) is 30.3 Å². The second kappa shape index (κ2) is 15.0. The number of aliphatic carboxylic acids is 2. The Balaban J connectivity index is 1.79. The van der Waals surface area contributed by atoms with Gasteiger partial charge < -0.3 is 35.6 Å². The van der Waals surface area contributed by atoms with Crippen LogP contribution in [0.3, 0.4) is 0 Å². The van der Waals surface area contributed by atoms with Crippen LogP contribution in [0.5, 0.6) is 5.75 Å². The van der Waals surface area contributed by atoms with Crippen LogP contribution in [0.2, 0.25) is 0 Å². The second-order valence-electron chi connectivity index (χ2n) is 9.33. The molecule has 13 nitrogen and oxygen atoms in total. The summed E-state index contributed by atoms with van der Waals surface area (Å²) >= 11 is 0. The maximum Gasteiger partial charge on any atom is 0.329 e. The molecule has 0 heterocycles. The summed E-state index contributed by atoms with van der Waals surface area (Å²) in [6.07, 6.45) is -0.441. The fraction of sp³-hybridized carbons (Fsp3) is 0.233. The molecule has 0 aromatic heterocycles. The smallest absolute Gasteiger partial charge is 0.329 e. The minimum atomic E-state index is -1.24. The van der Waals surface area contributed by atoms with Crippen molar-refractivity contribution < 1.29 is 43.7 Å². The van der Waals surface area contributed by atoms with Crippen molar-refractivity contribution in [3.63, 3.8) is 0 Å². The molecule has 0 fully saturated rings. The number of hydrogen-bond acceptors (Lipinski definition) is 7. The van der Waals surface area contributed by atoms with Gasteiger partial charge in [-0.3, -0.25) is 19.3 Å². The van der Waals surface area contributed by atoms with Crippen molar-refractivity contribution in [2.45, 2.75) is 26.3 Å². The van der Waals surface area contributed by atoms with Crippen LogP contribution >= 0.6 is 0 Å². The highest BCUT2D eigenvalue weighted by Gasteiger charge is 2.21. The molecule has 43 heavy (non-hydrogen) atoms. The number of benzene rings is 3. The zero-order valence-corrected chi connectivity index (χ0v) is 23.7. The van der Waals surface area contributed by atoms with E-state index >= 15 is 0 Å². The molecule has 0 aliphatic rings. The second-order valence-corrected chi connectivity index (χ2v) is 9.33. The monoisotopic (exact) mass is 592 g/mol. The standard InChI is InChI=1S/C30H32N4O9/c1-18-6-4-5-7-23(18)32-30(41)33-24-13-12-22(14-26(24)42-3)34(19(2)35)21-10-8-20(9-11-21)25(15-28(37)38)31-27(36)16-43-17-29(39)40/h4-14,25H,15-17H2,1-3H3,(H,31,36)(H,37,38)(H,39,40)(H2,32,33,41). The Bertz CT molecular complexity index is 1490. The number of carboxylic acid groups (broad SMARTS) is 2. The Morgan fingerprint density at radius 1 is 0.837 bits per heavy atom. The van der Waals surface area contributed by atoms with Gasteiger partial charge in [-0.2, -0.15) is 0 Å². The lowest BCUT2D eigenvalue weighted by Gasteiger charge is -2.24. The number of amides is 4. The lowest BCUT2D eigenvalue weighted by Crippen LogP contribution is -2.33. The van der Waals surface area contributed by atoms with E-state index < -0.39 is 49.6 Å². The van der Waals surface area contributed by atoms with Gasteiger partial charge in [0.2, 0.25) is 11.8 Å². The number of aryl methyl sites for hydroxylation is 1. The quantitative estimate of drug-likeness (QED) is 0.195. The number of anilines is 4. The van der Waals surface area contributed by atoms with Crippen molar-refractivity contribution in [3.05, 3.63) is 77.9 Å². The van der Waals surface area contributed by atoms with Gasteiger partial charge in [0.1, 0.15) is 19.0 Å². The Labute approximate surface area is 247 Å². The number of nitrogens with zero attached hydrogens (tertiary/aromatic N) is 1. The molecule has 3 rings (SSSR count). The SMILES string of the molecule is COc1cc(N(C(C)=O)c2ccc(C(CC(=O)O)NC(=O)COCC(=O)O)cc2)ccc1NC(=O)Nc1ccccc1C. The molecule has 0 spiro atoms. The molecule has 0 aliphatic heterocycles. The van der Waals surface area contributed by atoms with Crippen molar-refractivity contribution in [2.24, 2.45) is 0 Å². The first-order valence-corrected chi connectivity index (χ1v) is 13.0. The van der Waals surface area contributed by atoms with Gasteiger partial charge in [-0.25, -0.2) is 9.59 Å². The number of hydrogen-bond donors (Lipinski definition) is 5. The van der Waals surface area contributed by atoms with E-state index in [1.54, 1.807) is 48.5 Å². The van der Waals surface area contributed by atoms with Gasteiger partial charge in [0, 0.05) is 24.4 Å². The molecule has 0 saturated carbocycles. The van der Waals surface area contributed by atoms with E-state index in [0.29, 0.717) is 34.1 Å². The number of carbonyl (C=O) groups excluding carboxylic acids is 3. The molecule has 13 heteroatoms. The molecular weight excluding hydrogens is 560 g/mol. The normalized spacial score (nSPS) is 11.1. The summed E-state index contributed by atoms with van der Waals surface area (Å²) in [7, 11) is 1.43. The predicted octanol–water partition coefficient (Wildman–Crippen LogP) is 4.07. The predicted molar refractivity (Wildman–Crippen MR) is 158 cm³/mol. The molecule has 0 aliphatic carbocycles. The third kappa shape index (κ3) is 9.30. The van der Waals surface area contributed by atoms with E-state index in [4.69, 9.17) is 14.6 Å². The van der Waals surface area contributed by atoms with Crippen molar-refractivity contribution in [2.75, 3.05) is 35.9 Å². The number of methoxy groups -OCH3 is 1. The Hall–Kier alpha value is -5.43. The van der Waals surface area contributed by atoms with Crippen molar-refractivity contribution in [1.82, 2.24) is 5.32 Å². The maximum absolute atomic E-state index is 12.7. The highest BCUT2D eigenvalue weighted by Crippen LogP contribution is 2.34. The van der Waals surface area contributed by atoms with Gasteiger partial charge >= 0.3 is 18.0 Å². The topological polar surface area (TPSA) is 184 Å². The van der Waals surface area contributed by atoms with Gasteiger partial charge in [0.25, 0.3) is 0 Å². The van der Waals surface area contributed by atoms with Crippen LogP contribution in [-0.4, -0.2) is 60.3 Å². The zero-order valence-electron chi connectivity index (χ0n) is 23.7. The summed E-state index contributed by atoms with van der Waals surface area (Å²) in [4.78, 5) is 60.9. The number of carboxylic acids is 2. The van der Waals surface area contributed by atoms with E-state index in [1.165, 1.54) is 18.9 Å². The van der Waals surface area contributed by atoms with Crippen LogP contribution in [0, 0.1) is 6.92 Å². The number of nitrogens with one attached hydrogen (secondary N) is 3. The summed E-state index contributed by atoms with van der Waals surface area (Å²) in [5.74, 6) is -3.13. The average Bonchev–Trinajstić information content (AvgIpc) is 2.94. The van der Waals surface area contributed by atoms with E-state index in [1.807, 2.05) is 25.1 Å². The van der Waals surface area contributed by atoms with Gasteiger partial charge in [0.15, 0.2) is 0 Å². The third-order valence-electron chi connectivity index (χ3n) is 6.13. The fourth-order valence-electron chi connectivity index (χ4n) is 4.17. The maximum atomic E-state index is 12.7. The summed E-state index contributed by atoms with van der Waals surface area (Å²) in [5, 5.41) is 26.0. The first kappa shape index (κ1) is 32.1. The molecule has 3 aromatic carbocycles. The number of carbonyl (C=O) groups is 5. The van der Waals surface area contributed by atoms with E-state index in [0.717, 1.165) is 5.56 Å². The molecule has 3 aromatic rings. The zero-order chi connectivity index (χ0) is 31.5. The molecule has 0 saturated heterocycles. The molecule has 0 radical (unpaired) electrons.